The van der Waals surface area contributed by atoms with Crippen molar-refractivity contribution < 1.29 is 4.21 Å². The molecule has 0 radical (unpaired) electrons. The zero-order chi connectivity index (χ0) is 15.3. The van der Waals surface area contributed by atoms with E-state index < -0.39 is 11.0 Å². The molecule has 0 bridgehead atoms. The minimum Gasteiger partial charge on any atom is -0.242 e. The van der Waals surface area contributed by atoms with E-state index in [1.165, 1.54) is 0 Å². The summed E-state index contributed by atoms with van der Waals surface area (Å²) in [7, 11) is -1.18. The van der Waals surface area contributed by atoms with Crippen LogP contribution in [0, 0.1) is 5.92 Å². The summed E-state index contributed by atoms with van der Waals surface area (Å²) in [6, 6.07) is 7.38. The number of rotatable bonds is 6. The largest absolute Gasteiger partial charge is 0.242 e. The number of hydrogen-bond acceptors (Lipinski definition) is 1. The zero-order valence-corrected chi connectivity index (χ0v) is 13.8. The first-order valence-electron chi connectivity index (χ1n) is 6.48. The van der Waals surface area contributed by atoms with Crippen molar-refractivity contribution in [1.82, 2.24) is 4.72 Å². The lowest BCUT2D eigenvalue weighted by Gasteiger charge is -2.27. The molecule has 0 aliphatic carbocycles. The molecule has 1 unspecified atom stereocenters. The molecule has 1 aromatic rings. The predicted octanol–water partition coefficient (Wildman–Crippen LogP) is 4.42. The van der Waals surface area contributed by atoms with E-state index >= 15 is 0 Å². The monoisotopic (exact) mass is 311 g/mol. The maximum absolute atomic E-state index is 12.4. The molecule has 0 saturated heterocycles. The highest BCUT2D eigenvalue weighted by atomic mass is 35.5. The van der Waals surface area contributed by atoms with Crippen LogP contribution in [0.1, 0.15) is 32.4 Å². The molecule has 1 aromatic carbocycles. The number of benzene rings is 1. The second-order valence-corrected chi connectivity index (χ2v) is 8.01. The van der Waals surface area contributed by atoms with Crippen molar-refractivity contribution in [3.63, 3.8) is 0 Å². The second kappa shape index (κ2) is 7.21. The fraction of sp³-hybridized carbons (Fsp3) is 0.375. The summed E-state index contributed by atoms with van der Waals surface area (Å²) in [5.74, 6) is -0.0116. The standard InChI is InChI=1S/C16H22ClNOS/c1-6-12(7-2)15(18-20(19)16(3,4)5)13-8-10-14(17)11-9-13/h6-12,15,18H,1-2H2,3-5H3/t15-,20?/m0/s1. The van der Waals surface area contributed by atoms with Crippen molar-refractivity contribution >= 4 is 22.6 Å². The van der Waals surface area contributed by atoms with Gasteiger partial charge in [-0.2, -0.15) is 0 Å². The predicted molar refractivity (Wildman–Crippen MR) is 89.1 cm³/mol. The van der Waals surface area contributed by atoms with Crippen LogP contribution in [0.3, 0.4) is 0 Å². The van der Waals surface area contributed by atoms with E-state index in [0.29, 0.717) is 5.02 Å². The third kappa shape index (κ3) is 4.58. The molecule has 1 rings (SSSR count). The fourth-order valence-corrected chi connectivity index (χ4v) is 2.70. The summed E-state index contributed by atoms with van der Waals surface area (Å²) >= 11 is 5.92. The Bertz CT molecular complexity index is 482. The Labute approximate surface area is 129 Å². The van der Waals surface area contributed by atoms with Gasteiger partial charge < -0.3 is 0 Å². The van der Waals surface area contributed by atoms with E-state index in [2.05, 4.69) is 17.9 Å². The van der Waals surface area contributed by atoms with Crippen LogP contribution < -0.4 is 4.72 Å². The fourth-order valence-electron chi connectivity index (χ4n) is 1.70. The third-order valence-electron chi connectivity index (χ3n) is 2.95. The Morgan fingerprint density at radius 3 is 2.10 bits per heavy atom. The Morgan fingerprint density at radius 2 is 1.70 bits per heavy atom. The lowest BCUT2D eigenvalue weighted by molar-refractivity contribution is 0.549. The lowest BCUT2D eigenvalue weighted by Crippen LogP contribution is -2.37. The zero-order valence-electron chi connectivity index (χ0n) is 12.2. The van der Waals surface area contributed by atoms with Gasteiger partial charge in [0, 0.05) is 10.9 Å². The Kier molecular flexibility index (Phi) is 6.18. The smallest absolute Gasteiger partial charge is 0.0976 e. The van der Waals surface area contributed by atoms with Crippen LogP contribution in [0.5, 0.6) is 0 Å². The van der Waals surface area contributed by atoms with Gasteiger partial charge >= 0.3 is 0 Å². The van der Waals surface area contributed by atoms with Gasteiger partial charge in [-0.05, 0) is 38.5 Å². The highest BCUT2D eigenvalue weighted by Gasteiger charge is 2.26. The molecule has 0 amide bonds. The average Bonchev–Trinajstić information content (AvgIpc) is 2.38. The first kappa shape index (κ1) is 17.2. The van der Waals surface area contributed by atoms with Crippen LogP contribution in [-0.2, 0) is 11.0 Å². The lowest BCUT2D eigenvalue weighted by atomic mass is 9.94. The summed E-state index contributed by atoms with van der Waals surface area (Å²) in [6.45, 7) is 13.5. The maximum atomic E-state index is 12.4. The molecule has 0 spiro atoms. The molecule has 0 aliphatic heterocycles. The van der Waals surface area contributed by atoms with Crippen molar-refractivity contribution in [2.75, 3.05) is 0 Å². The highest BCUT2D eigenvalue weighted by molar-refractivity contribution is 7.84. The van der Waals surface area contributed by atoms with Crippen molar-refractivity contribution in [2.45, 2.75) is 31.6 Å². The molecule has 0 heterocycles. The van der Waals surface area contributed by atoms with Crippen molar-refractivity contribution in [3.8, 4) is 0 Å². The Hall–Kier alpha value is -0.900. The minimum absolute atomic E-state index is 0.0116. The van der Waals surface area contributed by atoms with Crippen molar-refractivity contribution in [3.05, 3.63) is 60.2 Å². The van der Waals surface area contributed by atoms with Crippen LogP contribution in [0.15, 0.2) is 49.6 Å². The molecule has 20 heavy (non-hydrogen) atoms. The van der Waals surface area contributed by atoms with E-state index in [0.717, 1.165) is 5.56 Å². The van der Waals surface area contributed by atoms with Crippen LogP contribution in [0.25, 0.3) is 0 Å². The molecule has 1 N–H and O–H groups in total. The van der Waals surface area contributed by atoms with Gasteiger partial charge in [-0.1, -0.05) is 35.9 Å². The average molecular weight is 312 g/mol. The Balaban J connectivity index is 3.09. The first-order chi connectivity index (χ1) is 9.29. The summed E-state index contributed by atoms with van der Waals surface area (Å²) in [5.41, 5.74) is 1.01. The summed E-state index contributed by atoms with van der Waals surface area (Å²) < 4.78 is 15.2. The molecule has 0 aliphatic rings. The SMILES string of the molecule is C=CC(C=C)[C@H](NS(=O)C(C)(C)C)c1ccc(Cl)cc1. The first-order valence-corrected chi connectivity index (χ1v) is 8.01. The van der Waals surface area contributed by atoms with Gasteiger partial charge in [0.2, 0.25) is 0 Å². The molecule has 4 heteroatoms. The van der Waals surface area contributed by atoms with Gasteiger partial charge in [0.15, 0.2) is 0 Å². The van der Waals surface area contributed by atoms with Gasteiger partial charge in [-0.3, -0.25) is 0 Å². The van der Waals surface area contributed by atoms with Crippen LogP contribution in [0.4, 0.5) is 0 Å². The minimum atomic E-state index is -1.18. The van der Waals surface area contributed by atoms with Crippen molar-refractivity contribution in [2.24, 2.45) is 5.92 Å². The topological polar surface area (TPSA) is 29.1 Å². The Morgan fingerprint density at radius 1 is 1.20 bits per heavy atom. The summed E-state index contributed by atoms with van der Waals surface area (Å²) in [6.07, 6.45) is 3.61. The third-order valence-corrected chi connectivity index (χ3v) is 4.78. The van der Waals surface area contributed by atoms with Gasteiger partial charge in [0.05, 0.1) is 21.8 Å². The normalized spacial score (nSPS) is 14.8. The van der Waals surface area contributed by atoms with Crippen LogP contribution in [-0.4, -0.2) is 8.96 Å². The molecule has 0 aromatic heterocycles. The van der Waals surface area contributed by atoms with Gasteiger partial charge in [0.25, 0.3) is 0 Å². The van der Waals surface area contributed by atoms with Gasteiger partial charge in [-0.25, -0.2) is 8.93 Å². The van der Waals surface area contributed by atoms with E-state index in [9.17, 15) is 4.21 Å². The van der Waals surface area contributed by atoms with Crippen LogP contribution in [0.2, 0.25) is 5.02 Å². The molecule has 2 nitrogen and oxygen atoms in total. The second-order valence-electron chi connectivity index (χ2n) is 5.58. The molecular weight excluding hydrogens is 290 g/mol. The van der Waals surface area contributed by atoms with E-state index in [1.54, 1.807) is 12.2 Å². The van der Waals surface area contributed by atoms with Crippen LogP contribution >= 0.6 is 11.6 Å². The maximum Gasteiger partial charge on any atom is 0.0976 e. The van der Waals surface area contributed by atoms with Gasteiger partial charge in [-0.15, -0.1) is 13.2 Å². The molecule has 2 atom stereocenters. The van der Waals surface area contributed by atoms with Gasteiger partial charge in [0.1, 0.15) is 0 Å². The number of halogens is 1. The quantitative estimate of drug-likeness (QED) is 0.774. The molecular formula is C16H22ClNOS. The molecule has 0 saturated carbocycles. The van der Waals surface area contributed by atoms with Crippen molar-refractivity contribution in [1.29, 1.82) is 0 Å². The van der Waals surface area contributed by atoms with E-state index in [-0.39, 0.29) is 16.7 Å². The molecule has 110 valence electrons. The van der Waals surface area contributed by atoms with E-state index in [1.807, 2.05) is 45.0 Å². The summed E-state index contributed by atoms with van der Waals surface area (Å²) in [5, 5.41) is 0.679. The molecule has 0 fully saturated rings. The van der Waals surface area contributed by atoms with E-state index in [4.69, 9.17) is 11.6 Å². The summed E-state index contributed by atoms with van der Waals surface area (Å²) in [4.78, 5) is 0. The number of hydrogen-bond donors (Lipinski definition) is 1. The number of nitrogens with one attached hydrogen (secondary N) is 1. The highest BCUT2D eigenvalue weighted by Crippen LogP contribution is 2.27.